The summed E-state index contributed by atoms with van der Waals surface area (Å²) in [5, 5.41) is 3.38. The minimum Gasteiger partial charge on any atom is -0.344 e. The number of rotatable bonds is 5. The molecule has 18 heavy (non-hydrogen) atoms. The largest absolute Gasteiger partial charge is 0.344 e. The van der Waals surface area contributed by atoms with Crippen LogP contribution in [0.5, 0.6) is 0 Å². The van der Waals surface area contributed by atoms with E-state index < -0.39 is 0 Å². The van der Waals surface area contributed by atoms with Gasteiger partial charge in [-0.3, -0.25) is 4.79 Å². The molecule has 2 aliphatic rings. The van der Waals surface area contributed by atoms with Crippen molar-refractivity contribution in [1.82, 2.24) is 15.1 Å². The van der Waals surface area contributed by atoms with E-state index in [1.807, 2.05) is 11.9 Å². The summed E-state index contributed by atoms with van der Waals surface area (Å²) < 4.78 is 0. The Morgan fingerprint density at radius 2 is 2.11 bits per heavy atom. The van der Waals surface area contributed by atoms with E-state index in [-0.39, 0.29) is 0 Å². The Morgan fingerprint density at radius 1 is 1.33 bits per heavy atom. The van der Waals surface area contributed by atoms with Crippen molar-refractivity contribution in [2.24, 2.45) is 5.92 Å². The standard InChI is InChI=1S/C14H27N3O/c1-16(9-10-17-7-2-3-8-17)14(18)11-13-5-4-6-15-12-13/h13,15H,2-12H2,1H3. The summed E-state index contributed by atoms with van der Waals surface area (Å²) in [5.41, 5.74) is 0. The zero-order valence-corrected chi connectivity index (χ0v) is 11.7. The molecule has 0 spiro atoms. The van der Waals surface area contributed by atoms with Crippen LogP contribution in [0.4, 0.5) is 0 Å². The molecule has 2 heterocycles. The van der Waals surface area contributed by atoms with E-state index in [0.717, 1.165) is 32.6 Å². The van der Waals surface area contributed by atoms with Crippen molar-refractivity contribution >= 4 is 5.91 Å². The zero-order chi connectivity index (χ0) is 12.8. The van der Waals surface area contributed by atoms with Gasteiger partial charge in [-0.15, -0.1) is 0 Å². The first-order chi connectivity index (χ1) is 8.75. The van der Waals surface area contributed by atoms with Crippen molar-refractivity contribution in [1.29, 1.82) is 0 Å². The number of hydrogen-bond donors (Lipinski definition) is 1. The van der Waals surface area contributed by atoms with Gasteiger partial charge in [-0.05, 0) is 57.8 Å². The summed E-state index contributed by atoms with van der Waals surface area (Å²) in [6, 6.07) is 0. The van der Waals surface area contributed by atoms with Gasteiger partial charge in [-0.25, -0.2) is 0 Å². The number of amides is 1. The normalized spacial score (nSPS) is 25.3. The maximum atomic E-state index is 12.1. The number of hydrogen-bond acceptors (Lipinski definition) is 3. The van der Waals surface area contributed by atoms with Gasteiger partial charge in [-0.1, -0.05) is 0 Å². The highest BCUT2D eigenvalue weighted by molar-refractivity contribution is 5.76. The van der Waals surface area contributed by atoms with E-state index >= 15 is 0 Å². The Kier molecular flexibility index (Phi) is 5.45. The van der Waals surface area contributed by atoms with Gasteiger partial charge in [0.15, 0.2) is 0 Å². The molecule has 1 N–H and O–H groups in total. The molecule has 0 aliphatic carbocycles. The topological polar surface area (TPSA) is 35.6 Å². The Bertz CT molecular complexity index is 258. The number of carbonyl (C=O) groups is 1. The molecule has 1 unspecified atom stereocenters. The van der Waals surface area contributed by atoms with Gasteiger partial charge < -0.3 is 15.1 Å². The quantitative estimate of drug-likeness (QED) is 0.792. The summed E-state index contributed by atoms with van der Waals surface area (Å²) in [5.74, 6) is 0.878. The zero-order valence-electron chi connectivity index (χ0n) is 11.7. The smallest absolute Gasteiger partial charge is 0.222 e. The van der Waals surface area contributed by atoms with Gasteiger partial charge in [-0.2, -0.15) is 0 Å². The van der Waals surface area contributed by atoms with Crippen LogP contribution in [0.15, 0.2) is 0 Å². The Balaban J connectivity index is 1.63. The summed E-state index contributed by atoms with van der Waals surface area (Å²) in [4.78, 5) is 16.5. The molecule has 2 saturated heterocycles. The van der Waals surface area contributed by atoms with Crippen molar-refractivity contribution in [3.8, 4) is 0 Å². The molecule has 0 radical (unpaired) electrons. The molecule has 1 atom stereocenters. The van der Waals surface area contributed by atoms with Gasteiger partial charge in [0.25, 0.3) is 0 Å². The third kappa shape index (κ3) is 4.25. The lowest BCUT2D eigenvalue weighted by atomic mass is 9.96. The minimum atomic E-state index is 0.322. The van der Waals surface area contributed by atoms with E-state index in [9.17, 15) is 4.79 Å². The molecule has 0 aromatic heterocycles. The second-order valence-electron chi connectivity index (χ2n) is 5.78. The van der Waals surface area contributed by atoms with Gasteiger partial charge in [0.1, 0.15) is 0 Å². The van der Waals surface area contributed by atoms with E-state index in [2.05, 4.69) is 10.2 Å². The molecule has 4 heteroatoms. The SMILES string of the molecule is CN(CCN1CCCC1)C(=O)CC1CCCNC1. The molecule has 104 valence electrons. The maximum Gasteiger partial charge on any atom is 0.222 e. The fourth-order valence-electron chi connectivity index (χ4n) is 2.92. The van der Waals surface area contributed by atoms with Crippen LogP contribution >= 0.6 is 0 Å². The first-order valence-corrected chi connectivity index (χ1v) is 7.43. The van der Waals surface area contributed by atoms with Crippen molar-refractivity contribution in [2.45, 2.75) is 32.1 Å². The second-order valence-corrected chi connectivity index (χ2v) is 5.78. The third-order valence-corrected chi connectivity index (χ3v) is 4.24. The van der Waals surface area contributed by atoms with E-state index in [1.165, 1.54) is 38.8 Å². The van der Waals surface area contributed by atoms with Crippen LogP contribution in [0, 0.1) is 5.92 Å². The monoisotopic (exact) mass is 253 g/mol. The molecule has 4 nitrogen and oxygen atoms in total. The first kappa shape index (κ1) is 13.8. The lowest BCUT2D eigenvalue weighted by molar-refractivity contribution is -0.131. The highest BCUT2D eigenvalue weighted by Crippen LogP contribution is 2.15. The molecule has 0 bridgehead atoms. The number of likely N-dealkylation sites (N-methyl/N-ethyl adjacent to an activating group) is 1. The van der Waals surface area contributed by atoms with Crippen LogP contribution < -0.4 is 5.32 Å². The fourth-order valence-corrected chi connectivity index (χ4v) is 2.92. The maximum absolute atomic E-state index is 12.1. The Morgan fingerprint density at radius 3 is 2.78 bits per heavy atom. The Hall–Kier alpha value is -0.610. The lowest BCUT2D eigenvalue weighted by Crippen LogP contribution is -2.38. The predicted molar refractivity (Wildman–Crippen MR) is 73.5 cm³/mol. The summed E-state index contributed by atoms with van der Waals surface area (Å²) in [6.45, 7) is 6.51. The summed E-state index contributed by atoms with van der Waals surface area (Å²) >= 11 is 0. The highest BCUT2D eigenvalue weighted by Gasteiger charge is 2.19. The van der Waals surface area contributed by atoms with Gasteiger partial charge in [0, 0.05) is 26.6 Å². The fraction of sp³-hybridized carbons (Fsp3) is 0.929. The average Bonchev–Trinajstić information content (AvgIpc) is 2.90. The van der Waals surface area contributed by atoms with Gasteiger partial charge >= 0.3 is 0 Å². The van der Waals surface area contributed by atoms with Crippen LogP contribution in [-0.4, -0.2) is 62.0 Å². The Labute approximate surface area is 111 Å². The van der Waals surface area contributed by atoms with Gasteiger partial charge in [0.2, 0.25) is 5.91 Å². The third-order valence-electron chi connectivity index (χ3n) is 4.24. The summed E-state index contributed by atoms with van der Waals surface area (Å²) in [7, 11) is 1.95. The minimum absolute atomic E-state index is 0.322. The average molecular weight is 253 g/mol. The highest BCUT2D eigenvalue weighted by atomic mass is 16.2. The van der Waals surface area contributed by atoms with Crippen LogP contribution in [0.3, 0.4) is 0 Å². The van der Waals surface area contributed by atoms with Crippen LogP contribution in [-0.2, 0) is 4.79 Å². The van der Waals surface area contributed by atoms with Crippen LogP contribution in [0.25, 0.3) is 0 Å². The lowest BCUT2D eigenvalue weighted by Gasteiger charge is -2.26. The van der Waals surface area contributed by atoms with Crippen LogP contribution in [0.1, 0.15) is 32.1 Å². The van der Waals surface area contributed by atoms with E-state index in [0.29, 0.717) is 11.8 Å². The molecule has 2 rings (SSSR count). The molecule has 0 saturated carbocycles. The summed E-state index contributed by atoms with van der Waals surface area (Å²) in [6.07, 6.45) is 5.80. The number of nitrogens with zero attached hydrogens (tertiary/aromatic N) is 2. The molecule has 2 aliphatic heterocycles. The molecule has 0 aromatic rings. The van der Waals surface area contributed by atoms with E-state index in [1.54, 1.807) is 0 Å². The second kappa shape index (κ2) is 7.10. The molecule has 2 fully saturated rings. The molecule has 0 aromatic carbocycles. The van der Waals surface area contributed by atoms with Crippen molar-refractivity contribution < 1.29 is 4.79 Å². The number of likely N-dealkylation sites (tertiary alicyclic amines) is 1. The number of nitrogens with one attached hydrogen (secondary N) is 1. The van der Waals surface area contributed by atoms with Crippen molar-refractivity contribution in [3.05, 3.63) is 0 Å². The van der Waals surface area contributed by atoms with Crippen molar-refractivity contribution in [3.63, 3.8) is 0 Å². The number of carbonyl (C=O) groups excluding carboxylic acids is 1. The predicted octanol–water partition coefficient (Wildman–Crippen LogP) is 0.930. The van der Waals surface area contributed by atoms with Gasteiger partial charge in [0.05, 0.1) is 0 Å². The molecular formula is C14H27N3O. The molecule has 1 amide bonds. The van der Waals surface area contributed by atoms with E-state index in [4.69, 9.17) is 0 Å². The van der Waals surface area contributed by atoms with Crippen LogP contribution in [0.2, 0.25) is 0 Å². The van der Waals surface area contributed by atoms with Crippen molar-refractivity contribution in [2.75, 3.05) is 46.3 Å². The first-order valence-electron chi connectivity index (χ1n) is 7.43. The molecular weight excluding hydrogens is 226 g/mol. The number of piperidine rings is 1.